The maximum absolute atomic E-state index is 5.50. The van der Waals surface area contributed by atoms with E-state index < -0.39 is 0 Å². The Kier molecular flexibility index (Phi) is 6.91. The van der Waals surface area contributed by atoms with Crippen LogP contribution in [0, 0.1) is 12.8 Å². The molecule has 1 aromatic rings. The van der Waals surface area contributed by atoms with Crippen LogP contribution in [-0.2, 0) is 0 Å². The van der Waals surface area contributed by atoms with E-state index >= 15 is 0 Å². The van der Waals surface area contributed by atoms with Crippen molar-refractivity contribution >= 4 is 5.96 Å². The lowest BCUT2D eigenvalue weighted by molar-refractivity contribution is 0.210. The smallest absolute Gasteiger partial charge is 0.191 e. The molecule has 5 heteroatoms. The second-order valence-corrected chi connectivity index (χ2v) is 6.84. The number of aliphatic imine (C=N–C) groups is 1. The fraction of sp³-hybridized carbons (Fsp3) is 0.632. The first kappa shape index (κ1) is 18.6. The topological polar surface area (TPSA) is 48.9 Å². The number of hydrogen-bond donors (Lipinski definition) is 2. The number of ether oxygens (including phenoxy) is 1. The van der Waals surface area contributed by atoms with Gasteiger partial charge in [0.1, 0.15) is 5.75 Å². The van der Waals surface area contributed by atoms with Gasteiger partial charge >= 0.3 is 0 Å². The van der Waals surface area contributed by atoms with E-state index in [1.165, 1.54) is 24.9 Å². The molecule has 0 aromatic heterocycles. The van der Waals surface area contributed by atoms with Gasteiger partial charge in [-0.15, -0.1) is 0 Å². The molecule has 0 spiro atoms. The van der Waals surface area contributed by atoms with E-state index in [1.54, 1.807) is 7.11 Å². The van der Waals surface area contributed by atoms with Crippen LogP contribution in [0.15, 0.2) is 23.2 Å². The first-order valence-corrected chi connectivity index (χ1v) is 8.83. The van der Waals surface area contributed by atoms with Gasteiger partial charge in [0.25, 0.3) is 0 Å². The Balaban J connectivity index is 1.93. The van der Waals surface area contributed by atoms with E-state index in [9.17, 15) is 0 Å². The average molecular weight is 332 g/mol. The molecule has 1 heterocycles. The third-order valence-corrected chi connectivity index (χ3v) is 4.71. The Morgan fingerprint density at radius 1 is 1.46 bits per heavy atom. The fourth-order valence-electron chi connectivity index (χ4n) is 3.35. The molecule has 1 aromatic carbocycles. The van der Waals surface area contributed by atoms with E-state index in [0.29, 0.717) is 5.92 Å². The van der Waals surface area contributed by atoms with Crippen molar-refractivity contribution in [2.75, 3.05) is 40.8 Å². The largest absolute Gasteiger partial charge is 0.496 e. The van der Waals surface area contributed by atoms with Gasteiger partial charge in [0, 0.05) is 25.7 Å². The molecular formula is C19H32N4O. The van der Waals surface area contributed by atoms with Crippen LogP contribution in [0.25, 0.3) is 0 Å². The lowest BCUT2D eigenvalue weighted by Gasteiger charge is -2.30. The van der Waals surface area contributed by atoms with E-state index in [1.807, 2.05) is 13.1 Å². The molecule has 0 amide bonds. The van der Waals surface area contributed by atoms with E-state index in [0.717, 1.165) is 30.4 Å². The van der Waals surface area contributed by atoms with Crippen LogP contribution in [-0.4, -0.2) is 51.7 Å². The molecule has 2 N–H and O–H groups in total. The number of methoxy groups -OCH3 is 1. The summed E-state index contributed by atoms with van der Waals surface area (Å²) in [5, 5.41) is 6.96. The van der Waals surface area contributed by atoms with Gasteiger partial charge in [0.2, 0.25) is 0 Å². The molecule has 0 radical (unpaired) electrons. The summed E-state index contributed by atoms with van der Waals surface area (Å²) >= 11 is 0. The molecule has 2 atom stereocenters. The fourth-order valence-corrected chi connectivity index (χ4v) is 3.35. The predicted molar refractivity (Wildman–Crippen MR) is 101 cm³/mol. The quantitative estimate of drug-likeness (QED) is 0.643. The third kappa shape index (κ3) is 5.13. The molecule has 134 valence electrons. The van der Waals surface area contributed by atoms with Crippen molar-refractivity contribution in [1.82, 2.24) is 15.5 Å². The molecule has 2 rings (SSSR count). The van der Waals surface area contributed by atoms with Crippen molar-refractivity contribution in [1.29, 1.82) is 0 Å². The second-order valence-electron chi connectivity index (χ2n) is 6.84. The van der Waals surface area contributed by atoms with Crippen molar-refractivity contribution in [3.8, 4) is 5.75 Å². The first-order chi connectivity index (χ1) is 11.5. The summed E-state index contributed by atoms with van der Waals surface area (Å²) in [5.74, 6) is 2.44. The number of aryl methyl sites for hydroxylation is 1. The number of benzene rings is 1. The summed E-state index contributed by atoms with van der Waals surface area (Å²) in [5.41, 5.74) is 2.38. The van der Waals surface area contributed by atoms with Crippen molar-refractivity contribution < 1.29 is 4.74 Å². The highest BCUT2D eigenvalue weighted by molar-refractivity contribution is 5.80. The van der Waals surface area contributed by atoms with Crippen molar-refractivity contribution in [3.05, 3.63) is 29.3 Å². The van der Waals surface area contributed by atoms with Crippen molar-refractivity contribution in [2.45, 2.75) is 32.7 Å². The maximum atomic E-state index is 5.50. The van der Waals surface area contributed by atoms with Gasteiger partial charge in [0.15, 0.2) is 5.96 Å². The lowest BCUT2D eigenvalue weighted by atomic mass is 9.98. The highest BCUT2D eigenvalue weighted by Gasteiger charge is 2.18. The molecule has 1 saturated heterocycles. The predicted octanol–water partition coefficient (Wildman–Crippen LogP) is 2.57. The SMILES string of the molecule is CN=C(NCC1CCCN(C)C1)NC(C)c1cc(C)ccc1OC. The highest BCUT2D eigenvalue weighted by atomic mass is 16.5. The molecule has 0 bridgehead atoms. The molecule has 0 saturated carbocycles. The van der Waals surface area contributed by atoms with Crippen LogP contribution in [0.2, 0.25) is 0 Å². The van der Waals surface area contributed by atoms with Gasteiger partial charge in [-0.2, -0.15) is 0 Å². The summed E-state index contributed by atoms with van der Waals surface area (Å²) in [7, 11) is 5.74. The van der Waals surface area contributed by atoms with E-state index in [-0.39, 0.29) is 6.04 Å². The minimum atomic E-state index is 0.125. The Hall–Kier alpha value is -1.75. The summed E-state index contributed by atoms with van der Waals surface area (Å²) in [6.07, 6.45) is 2.57. The number of guanidine groups is 1. The van der Waals surface area contributed by atoms with Crippen molar-refractivity contribution in [3.63, 3.8) is 0 Å². The minimum Gasteiger partial charge on any atom is -0.496 e. The average Bonchev–Trinajstić information content (AvgIpc) is 2.58. The van der Waals surface area contributed by atoms with Gasteiger partial charge < -0.3 is 20.3 Å². The Morgan fingerprint density at radius 3 is 2.92 bits per heavy atom. The molecule has 24 heavy (non-hydrogen) atoms. The van der Waals surface area contributed by atoms with Gasteiger partial charge in [-0.05, 0) is 52.3 Å². The minimum absolute atomic E-state index is 0.125. The summed E-state index contributed by atoms with van der Waals surface area (Å²) < 4.78 is 5.50. The van der Waals surface area contributed by atoms with Gasteiger partial charge in [-0.25, -0.2) is 0 Å². The second kappa shape index (κ2) is 8.92. The zero-order chi connectivity index (χ0) is 17.5. The molecule has 0 aliphatic carbocycles. The van der Waals surface area contributed by atoms with E-state index in [2.05, 4.69) is 53.6 Å². The number of likely N-dealkylation sites (tertiary alicyclic amines) is 1. The zero-order valence-corrected chi connectivity index (χ0v) is 15.7. The summed E-state index contributed by atoms with van der Waals surface area (Å²) in [6.45, 7) is 7.57. The number of piperidine rings is 1. The van der Waals surface area contributed by atoms with Crippen LogP contribution in [0.1, 0.15) is 36.9 Å². The molecule has 5 nitrogen and oxygen atoms in total. The van der Waals surface area contributed by atoms with Crippen LogP contribution in [0.5, 0.6) is 5.75 Å². The van der Waals surface area contributed by atoms with Crippen LogP contribution in [0.4, 0.5) is 0 Å². The van der Waals surface area contributed by atoms with Crippen LogP contribution >= 0.6 is 0 Å². The molecule has 1 fully saturated rings. The molecule has 1 aliphatic heterocycles. The van der Waals surface area contributed by atoms with Gasteiger partial charge in [0.05, 0.1) is 13.2 Å². The van der Waals surface area contributed by atoms with Crippen LogP contribution in [0.3, 0.4) is 0 Å². The number of rotatable bonds is 5. The van der Waals surface area contributed by atoms with Gasteiger partial charge in [-0.1, -0.05) is 17.7 Å². The molecule has 2 unspecified atom stereocenters. The summed E-state index contributed by atoms with van der Waals surface area (Å²) in [4.78, 5) is 6.78. The molecular weight excluding hydrogens is 300 g/mol. The normalized spacial score (nSPS) is 20.5. The maximum Gasteiger partial charge on any atom is 0.191 e. The van der Waals surface area contributed by atoms with E-state index in [4.69, 9.17) is 4.74 Å². The number of nitrogens with zero attached hydrogens (tertiary/aromatic N) is 2. The van der Waals surface area contributed by atoms with Crippen LogP contribution < -0.4 is 15.4 Å². The zero-order valence-electron chi connectivity index (χ0n) is 15.7. The molecule has 1 aliphatic rings. The Labute approximate surface area is 146 Å². The lowest BCUT2D eigenvalue weighted by Crippen LogP contribution is -2.44. The standard InChI is InChI=1S/C19H32N4O/c1-14-8-9-18(24-5)17(11-14)15(2)22-19(20-3)21-12-16-7-6-10-23(4)13-16/h8-9,11,15-16H,6-7,10,12-13H2,1-5H3,(H2,20,21,22). The Bertz CT molecular complexity index is 558. The highest BCUT2D eigenvalue weighted by Crippen LogP contribution is 2.26. The first-order valence-electron chi connectivity index (χ1n) is 8.83. The number of hydrogen-bond acceptors (Lipinski definition) is 3. The Morgan fingerprint density at radius 2 is 2.25 bits per heavy atom. The van der Waals surface area contributed by atoms with Gasteiger partial charge in [-0.3, -0.25) is 4.99 Å². The third-order valence-electron chi connectivity index (χ3n) is 4.71. The van der Waals surface area contributed by atoms with Crippen molar-refractivity contribution in [2.24, 2.45) is 10.9 Å². The summed E-state index contributed by atoms with van der Waals surface area (Å²) in [6, 6.07) is 6.39. The monoisotopic (exact) mass is 332 g/mol. The number of nitrogens with one attached hydrogen (secondary N) is 2.